The Labute approximate surface area is 77.4 Å². The van der Waals surface area contributed by atoms with E-state index in [2.05, 4.69) is 5.32 Å². The van der Waals surface area contributed by atoms with Gasteiger partial charge in [0.1, 0.15) is 5.25 Å². The molecule has 5 nitrogen and oxygen atoms in total. The Balaban J connectivity index is 2.47. The normalized spacial score (nSPS) is 20.5. The first-order valence-corrected chi connectivity index (χ1v) is 5.93. The number of hydrogen-bond acceptors (Lipinski definition) is 4. The van der Waals surface area contributed by atoms with Crippen molar-refractivity contribution in [1.29, 1.82) is 0 Å². The molecule has 1 rings (SSSR count). The number of carbonyl (C=O) groups is 1. The molecule has 0 aromatic carbocycles. The lowest BCUT2D eigenvalue weighted by molar-refractivity contribution is -0.124. The van der Waals surface area contributed by atoms with E-state index < -0.39 is 21.0 Å². The second kappa shape index (κ2) is 3.63. The Bertz CT molecular complexity index is 294. The molecule has 0 aromatic rings. The molecule has 1 aliphatic heterocycles. The summed E-state index contributed by atoms with van der Waals surface area (Å²) < 4.78 is 26.8. The molecule has 1 atom stereocenters. The maximum Gasteiger partial charge on any atom is 0.238 e. The molecule has 6 heteroatoms. The minimum Gasteiger partial charge on any atom is -0.377 e. The summed E-state index contributed by atoms with van der Waals surface area (Å²) in [5, 5.41) is 1.60. The van der Waals surface area contributed by atoms with Crippen LogP contribution >= 0.6 is 0 Å². The van der Waals surface area contributed by atoms with Crippen molar-refractivity contribution in [3.63, 3.8) is 0 Å². The van der Waals surface area contributed by atoms with E-state index in [0.717, 1.165) is 6.26 Å². The molecule has 0 saturated carbocycles. The lowest BCUT2D eigenvalue weighted by Gasteiger charge is -2.27. The van der Waals surface area contributed by atoms with E-state index in [1.807, 2.05) is 0 Å². The molecule has 1 N–H and O–H groups in total. The first kappa shape index (κ1) is 10.5. The first-order chi connectivity index (χ1) is 5.91. The number of sulfone groups is 1. The standard InChI is InChI=1S/C7H13NO4S/c1-5(13(2,10)11)7(9)8-6-3-12-4-6/h5-6H,3-4H2,1-2H3,(H,8,9). The number of rotatable bonds is 3. The van der Waals surface area contributed by atoms with E-state index in [1.165, 1.54) is 6.92 Å². The van der Waals surface area contributed by atoms with E-state index >= 15 is 0 Å². The summed E-state index contributed by atoms with van der Waals surface area (Å²) in [5.74, 6) is -0.448. The van der Waals surface area contributed by atoms with Gasteiger partial charge in [0.25, 0.3) is 0 Å². The molecular weight excluding hydrogens is 194 g/mol. The van der Waals surface area contributed by atoms with Gasteiger partial charge in [0, 0.05) is 6.26 Å². The number of amides is 1. The Kier molecular flexibility index (Phi) is 2.92. The molecule has 1 fully saturated rings. The smallest absolute Gasteiger partial charge is 0.238 e. The summed E-state index contributed by atoms with van der Waals surface area (Å²) in [6.07, 6.45) is 1.05. The molecular formula is C7H13NO4S. The molecule has 1 amide bonds. The second-order valence-corrected chi connectivity index (χ2v) is 5.58. The van der Waals surface area contributed by atoms with Gasteiger partial charge < -0.3 is 10.1 Å². The van der Waals surface area contributed by atoms with Gasteiger partial charge in [-0.3, -0.25) is 4.79 Å². The van der Waals surface area contributed by atoms with Crippen molar-refractivity contribution in [2.75, 3.05) is 19.5 Å². The second-order valence-electron chi connectivity index (χ2n) is 3.21. The highest BCUT2D eigenvalue weighted by molar-refractivity contribution is 7.92. The third kappa shape index (κ3) is 2.67. The van der Waals surface area contributed by atoms with E-state index in [1.54, 1.807) is 0 Å². The largest absolute Gasteiger partial charge is 0.377 e. The summed E-state index contributed by atoms with van der Waals surface area (Å²) in [6.45, 7) is 2.33. The zero-order chi connectivity index (χ0) is 10.1. The summed E-state index contributed by atoms with van der Waals surface area (Å²) in [5.41, 5.74) is 0. The highest BCUT2D eigenvalue weighted by atomic mass is 32.2. The van der Waals surface area contributed by atoms with Gasteiger partial charge in [-0.2, -0.15) is 0 Å². The first-order valence-electron chi connectivity index (χ1n) is 3.98. The van der Waals surface area contributed by atoms with E-state index in [-0.39, 0.29) is 6.04 Å². The van der Waals surface area contributed by atoms with Crippen LogP contribution < -0.4 is 5.32 Å². The van der Waals surface area contributed by atoms with Crippen LogP contribution in [0.25, 0.3) is 0 Å². The molecule has 1 heterocycles. The minimum atomic E-state index is -3.28. The van der Waals surface area contributed by atoms with Crippen molar-refractivity contribution >= 4 is 15.7 Å². The van der Waals surface area contributed by atoms with Gasteiger partial charge in [-0.15, -0.1) is 0 Å². The SMILES string of the molecule is CC(C(=O)NC1COC1)S(C)(=O)=O. The van der Waals surface area contributed by atoms with Gasteiger partial charge in [-0.1, -0.05) is 0 Å². The fourth-order valence-corrected chi connectivity index (χ4v) is 1.29. The maximum absolute atomic E-state index is 11.2. The minimum absolute atomic E-state index is 0.0169. The third-order valence-electron chi connectivity index (χ3n) is 2.00. The lowest BCUT2D eigenvalue weighted by atomic mass is 10.2. The molecule has 76 valence electrons. The highest BCUT2D eigenvalue weighted by Crippen LogP contribution is 2.03. The van der Waals surface area contributed by atoms with E-state index in [0.29, 0.717) is 13.2 Å². The van der Waals surface area contributed by atoms with Gasteiger partial charge in [0.15, 0.2) is 9.84 Å². The zero-order valence-electron chi connectivity index (χ0n) is 7.61. The summed E-state index contributed by atoms with van der Waals surface area (Å²) in [4.78, 5) is 11.2. The fraction of sp³-hybridized carbons (Fsp3) is 0.857. The monoisotopic (exact) mass is 207 g/mol. The van der Waals surface area contributed by atoms with Crippen LogP contribution in [0.4, 0.5) is 0 Å². The maximum atomic E-state index is 11.2. The van der Waals surface area contributed by atoms with E-state index in [4.69, 9.17) is 4.74 Å². The molecule has 0 aromatic heterocycles. The van der Waals surface area contributed by atoms with Crippen LogP contribution in [-0.4, -0.2) is 45.1 Å². The average Bonchev–Trinajstić information content (AvgIpc) is 1.93. The molecule has 1 saturated heterocycles. The molecule has 1 aliphatic rings. The summed E-state index contributed by atoms with van der Waals surface area (Å²) in [7, 11) is -3.28. The molecule has 1 unspecified atom stereocenters. The van der Waals surface area contributed by atoms with Crippen molar-refractivity contribution in [3.8, 4) is 0 Å². The van der Waals surface area contributed by atoms with Crippen LogP contribution in [-0.2, 0) is 19.4 Å². The Morgan fingerprint density at radius 3 is 2.38 bits per heavy atom. The summed E-state index contributed by atoms with van der Waals surface area (Å²) in [6, 6.07) is -0.0169. The zero-order valence-corrected chi connectivity index (χ0v) is 8.43. The predicted octanol–water partition coefficient (Wildman–Crippen LogP) is -1.07. The quantitative estimate of drug-likeness (QED) is 0.640. The van der Waals surface area contributed by atoms with Crippen molar-refractivity contribution in [3.05, 3.63) is 0 Å². The van der Waals surface area contributed by atoms with Crippen LogP contribution in [0.3, 0.4) is 0 Å². The molecule has 13 heavy (non-hydrogen) atoms. The lowest BCUT2D eigenvalue weighted by Crippen LogP contribution is -2.52. The predicted molar refractivity (Wildman–Crippen MR) is 47.1 cm³/mol. The van der Waals surface area contributed by atoms with Gasteiger partial charge >= 0.3 is 0 Å². The molecule has 0 spiro atoms. The van der Waals surface area contributed by atoms with Crippen LogP contribution in [0.5, 0.6) is 0 Å². The van der Waals surface area contributed by atoms with Crippen molar-refractivity contribution in [2.45, 2.75) is 18.2 Å². The Hall–Kier alpha value is -0.620. The van der Waals surface area contributed by atoms with Crippen LogP contribution in [0, 0.1) is 0 Å². The average molecular weight is 207 g/mol. The van der Waals surface area contributed by atoms with E-state index in [9.17, 15) is 13.2 Å². The van der Waals surface area contributed by atoms with Gasteiger partial charge in [0.2, 0.25) is 5.91 Å². The van der Waals surface area contributed by atoms with Crippen molar-refractivity contribution in [2.24, 2.45) is 0 Å². The fourth-order valence-electron chi connectivity index (χ4n) is 0.832. The topological polar surface area (TPSA) is 72.5 Å². The Morgan fingerprint density at radius 2 is 2.08 bits per heavy atom. The van der Waals surface area contributed by atoms with Crippen LogP contribution in [0.2, 0.25) is 0 Å². The van der Waals surface area contributed by atoms with Crippen molar-refractivity contribution < 1.29 is 17.9 Å². The van der Waals surface area contributed by atoms with Crippen LogP contribution in [0.15, 0.2) is 0 Å². The number of hydrogen-bond donors (Lipinski definition) is 1. The van der Waals surface area contributed by atoms with Crippen LogP contribution in [0.1, 0.15) is 6.92 Å². The highest BCUT2D eigenvalue weighted by Gasteiger charge is 2.28. The Morgan fingerprint density at radius 1 is 1.54 bits per heavy atom. The number of carbonyl (C=O) groups excluding carboxylic acids is 1. The molecule has 0 aliphatic carbocycles. The third-order valence-corrected chi connectivity index (χ3v) is 3.49. The van der Waals surface area contributed by atoms with Crippen molar-refractivity contribution in [1.82, 2.24) is 5.32 Å². The van der Waals surface area contributed by atoms with Gasteiger partial charge in [-0.05, 0) is 6.92 Å². The number of ether oxygens (including phenoxy) is 1. The van der Waals surface area contributed by atoms with Gasteiger partial charge in [-0.25, -0.2) is 8.42 Å². The summed E-state index contributed by atoms with van der Waals surface area (Å²) >= 11 is 0. The molecule has 0 bridgehead atoms. The number of nitrogens with one attached hydrogen (secondary N) is 1. The molecule has 0 radical (unpaired) electrons. The van der Waals surface area contributed by atoms with Gasteiger partial charge in [0.05, 0.1) is 19.3 Å².